The van der Waals surface area contributed by atoms with Gasteiger partial charge in [0.2, 0.25) is 0 Å². The molecule has 1 aromatic rings. The summed E-state index contributed by atoms with van der Waals surface area (Å²) in [4.78, 5) is 0. The number of hydrogen-bond donors (Lipinski definition) is 1. The first-order chi connectivity index (χ1) is 6.15. The summed E-state index contributed by atoms with van der Waals surface area (Å²) in [7, 11) is 0. The van der Waals surface area contributed by atoms with Crippen molar-refractivity contribution in [1.29, 1.82) is 5.26 Å². The molecule has 13 heavy (non-hydrogen) atoms. The first-order valence-electron chi connectivity index (χ1n) is 3.65. The van der Waals surface area contributed by atoms with Gasteiger partial charge in [0, 0.05) is 15.6 Å². The Morgan fingerprint density at radius 3 is 2.69 bits per heavy atom. The summed E-state index contributed by atoms with van der Waals surface area (Å²) in [6, 6.07) is 6.65. The van der Waals surface area contributed by atoms with Crippen LogP contribution >= 0.6 is 23.2 Å². The maximum absolute atomic E-state index is 9.44. The average molecular weight is 216 g/mol. The molecule has 68 valence electrons. The first kappa shape index (κ1) is 10.3. The third-order valence-electron chi connectivity index (χ3n) is 1.61. The molecule has 0 spiro atoms. The van der Waals surface area contributed by atoms with Crippen LogP contribution in [0.1, 0.15) is 18.1 Å². The van der Waals surface area contributed by atoms with E-state index in [9.17, 15) is 5.11 Å². The molecule has 0 bridgehead atoms. The summed E-state index contributed by atoms with van der Waals surface area (Å²) >= 11 is 11.5. The zero-order chi connectivity index (χ0) is 9.84. The van der Waals surface area contributed by atoms with E-state index >= 15 is 0 Å². The summed E-state index contributed by atoms with van der Waals surface area (Å²) in [6.07, 6.45) is -0.809. The topological polar surface area (TPSA) is 44.0 Å². The molecule has 1 rings (SSSR count). The van der Waals surface area contributed by atoms with E-state index in [-0.39, 0.29) is 6.42 Å². The maximum atomic E-state index is 9.44. The molecule has 2 nitrogen and oxygen atoms in total. The van der Waals surface area contributed by atoms with Gasteiger partial charge in [0.05, 0.1) is 18.6 Å². The molecule has 0 radical (unpaired) electrons. The third kappa shape index (κ3) is 2.60. The molecule has 0 aromatic heterocycles. The van der Waals surface area contributed by atoms with Gasteiger partial charge in [-0.3, -0.25) is 0 Å². The molecule has 0 aliphatic heterocycles. The van der Waals surface area contributed by atoms with Gasteiger partial charge in [-0.1, -0.05) is 29.3 Å². The van der Waals surface area contributed by atoms with E-state index in [1.807, 2.05) is 6.07 Å². The van der Waals surface area contributed by atoms with Crippen molar-refractivity contribution < 1.29 is 5.11 Å². The minimum atomic E-state index is -0.838. The van der Waals surface area contributed by atoms with Crippen LogP contribution in [-0.4, -0.2) is 5.11 Å². The molecule has 0 amide bonds. The van der Waals surface area contributed by atoms with E-state index in [2.05, 4.69) is 0 Å². The van der Waals surface area contributed by atoms with Crippen molar-refractivity contribution >= 4 is 23.2 Å². The second-order valence-corrected chi connectivity index (χ2v) is 3.39. The Kier molecular flexibility index (Phi) is 3.56. The van der Waals surface area contributed by atoms with Gasteiger partial charge in [-0.2, -0.15) is 5.26 Å². The number of benzene rings is 1. The molecule has 4 heteroatoms. The van der Waals surface area contributed by atoms with Gasteiger partial charge in [0.1, 0.15) is 0 Å². The monoisotopic (exact) mass is 215 g/mol. The van der Waals surface area contributed by atoms with Crippen LogP contribution in [0.3, 0.4) is 0 Å². The van der Waals surface area contributed by atoms with E-state index in [0.29, 0.717) is 15.6 Å². The van der Waals surface area contributed by atoms with Crippen molar-refractivity contribution in [2.75, 3.05) is 0 Å². The number of halogens is 2. The molecule has 0 fully saturated rings. The summed E-state index contributed by atoms with van der Waals surface area (Å²) in [5.41, 5.74) is 0.535. The first-order valence-corrected chi connectivity index (χ1v) is 4.40. The fourth-order valence-electron chi connectivity index (χ4n) is 0.968. The van der Waals surface area contributed by atoms with Crippen LogP contribution < -0.4 is 0 Å². The molecular formula is C9H7Cl2NO. The predicted molar refractivity (Wildman–Crippen MR) is 51.7 cm³/mol. The molecule has 0 saturated carbocycles. The fourth-order valence-corrected chi connectivity index (χ4v) is 1.50. The van der Waals surface area contributed by atoms with Crippen molar-refractivity contribution in [3.05, 3.63) is 33.8 Å². The molecule has 0 aliphatic rings. The average Bonchev–Trinajstić information content (AvgIpc) is 2.04. The molecule has 1 atom stereocenters. The normalized spacial score (nSPS) is 12.2. The van der Waals surface area contributed by atoms with Gasteiger partial charge >= 0.3 is 0 Å². The summed E-state index contributed by atoms with van der Waals surface area (Å²) in [5, 5.41) is 18.7. The molecular weight excluding hydrogens is 209 g/mol. The van der Waals surface area contributed by atoms with E-state index in [4.69, 9.17) is 28.5 Å². The zero-order valence-corrected chi connectivity index (χ0v) is 8.18. The Labute approximate surface area is 86.3 Å². The Morgan fingerprint density at radius 1 is 1.46 bits per heavy atom. The number of aliphatic hydroxyl groups is 1. The van der Waals surface area contributed by atoms with Crippen LogP contribution in [0.15, 0.2) is 18.2 Å². The van der Waals surface area contributed by atoms with E-state index in [1.165, 1.54) is 0 Å². The van der Waals surface area contributed by atoms with Crippen molar-refractivity contribution in [1.82, 2.24) is 0 Å². The minimum absolute atomic E-state index is 0.0291. The van der Waals surface area contributed by atoms with E-state index in [0.717, 1.165) is 0 Å². The molecule has 0 saturated heterocycles. The molecule has 1 aromatic carbocycles. The lowest BCUT2D eigenvalue weighted by Gasteiger charge is -2.08. The van der Waals surface area contributed by atoms with Crippen LogP contribution in [0, 0.1) is 11.3 Å². The van der Waals surface area contributed by atoms with Gasteiger partial charge < -0.3 is 5.11 Å². The van der Waals surface area contributed by atoms with Crippen molar-refractivity contribution in [3.63, 3.8) is 0 Å². The number of aliphatic hydroxyl groups excluding tert-OH is 1. The van der Waals surface area contributed by atoms with Crippen molar-refractivity contribution in [2.45, 2.75) is 12.5 Å². The van der Waals surface area contributed by atoms with Crippen LogP contribution in [0.25, 0.3) is 0 Å². The van der Waals surface area contributed by atoms with Gasteiger partial charge in [0.25, 0.3) is 0 Å². The fraction of sp³-hybridized carbons (Fsp3) is 0.222. The maximum Gasteiger partial charge on any atom is 0.0934 e. The van der Waals surface area contributed by atoms with Crippen molar-refractivity contribution in [2.24, 2.45) is 0 Å². The largest absolute Gasteiger partial charge is 0.387 e. The number of hydrogen-bond acceptors (Lipinski definition) is 2. The number of rotatable bonds is 2. The second-order valence-electron chi connectivity index (χ2n) is 2.54. The van der Waals surface area contributed by atoms with Crippen LogP contribution in [-0.2, 0) is 0 Å². The summed E-state index contributed by atoms with van der Waals surface area (Å²) < 4.78 is 0. The molecule has 0 heterocycles. The minimum Gasteiger partial charge on any atom is -0.387 e. The summed E-state index contributed by atoms with van der Waals surface area (Å²) in [6.45, 7) is 0. The van der Waals surface area contributed by atoms with Crippen LogP contribution in [0.2, 0.25) is 10.0 Å². The van der Waals surface area contributed by atoms with Gasteiger partial charge in [-0.15, -0.1) is 0 Å². The Morgan fingerprint density at radius 2 is 2.15 bits per heavy atom. The van der Waals surface area contributed by atoms with Crippen LogP contribution in [0.5, 0.6) is 0 Å². The van der Waals surface area contributed by atoms with E-state index < -0.39 is 6.10 Å². The quantitative estimate of drug-likeness (QED) is 0.825. The Balaban J connectivity index is 2.96. The summed E-state index contributed by atoms with van der Waals surface area (Å²) in [5.74, 6) is 0. The lowest BCUT2D eigenvalue weighted by atomic mass is 10.1. The molecule has 1 unspecified atom stereocenters. The highest BCUT2D eigenvalue weighted by Crippen LogP contribution is 2.27. The molecule has 1 N–H and O–H groups in total. The number of nitrogens with zero attached hydrogens (tertiary/aromatic N) is 1. The predicted octanol–water partition coefficient (Wildman–Crippen LogP) is 2.94. The standard InChI is InChI=1S/C9H7Cl2NO/c10-6-1-2-7(8(11)5-6)9(13)3-4-12/h1-2,5,9,13H,3H2. The lowest BCUT2D eigenvalue weighted by molar-refractivity contribution is 0.183. The van der Waals surface area contributed by atoms with Gasteiger partial charge in [-0.05, 0) is 12.1 Å². The highest BCUT2D eigenvalue weighted by atomic mass is 35.5. The van der Waals surface area contributed by atoms with Crippen molar-refractivity contribution in [3.8, 4) is 6.07 Å². The van der Waals surface area contributed by atoms with Gasteiger partial charge in [-0.25, -0.2) is 0 Å². The Hall–Kier alpha value is -0.750. The van der Waals surface area contributed by atoms with Gasteiger partial charge in [0.15, 0.2) is 0 Å². The second kappa shape index (κ2) is 4.48. The highest BCUT2D eigenvalue weighted by Gasteiger charge is 2.10. The van der Waals surface area contributed by atoms with Crippen LogP contribution in [0.4, 0.5) is 0 Å². The SMILES string of the molecule is N#CCC(O)c1ccc(Cl)cc1Cl. The number of nitriles is 1. The lowest BCUT2D eigenvalue weighted by Crippen LogP contribution is -1.96. The zero-order valence-electron chi connectivity index (χ0n) is 6.67. The third-order valence-corrected chi connectivity index (χ3v) is 2.17. The smallest absolute Gasteiger partial charge is 0.0934 e. The highest BCUT2D eigenvalue weighted by molar-refractivity contribution is 6.35. The Bertz CT molecular complexity index is 346. The molecule has 0 aliphatic carbocycles. The van der Waals surface area contributed by atoms with E-state index in [1.54, 1.807) is 18.2 Å².